The fourth-order valence-corrected chi connectivity index (χ4v) is 3.28. The maximum atomic E-state index is 14.5. The molecule has 0 aliphatic carbocycles. The van der Waals surface area contributed by atoms with E-state index in [2.05, 4.69) is 24.1 Å². The summed E-state index contributed by atoms with van der Waals surface area (Å²) in [4.78, 5) is 2.32. The highest BCUT2D eigenvalue weighted by atomic mass is 35.5. The van der Waals surface area contributed by atoms with Gasteiger partial charge in [0.1, 0.15) is 5.82 Å². The van der Waals surface area contributed by atoms with Crippen LogP contribution in [0.25, 0.3) is 0 Å². The van der Waals surface area contributed by atoms with Crippen molar-refractivity contribution in [1.82, 2.24) is 10.2 Å². The number of nitrogens with one attached hydrogen (secondary N) is 1. The smallest absolute Gasteiger partial charge is 0.148 e. The van der Waals surface area contributed by atoms with Crippen molar-refractivity contribution in [2.24, 2.45) is 5.92 Å². The molecule has 1 saturated heterocycles. The first-order valence-corrected chi connectivity index (χ1v) is 8.34. The first-order valence-electron chi connectivity index (χ1n) is 7.59. The van der Waals surface area contributed by atoms with Gasteiger partial charge in [0.15, 0.2) is 0 Å². The lowest BCUT2D eigenvalue weighted by Crippen LogP contribution is -2.45. The van der Waals surface area contributed by atoms with E-state index in [4.69, 9.17) is 23.2 Å². The van der Waals surface area contributed by atoms with E-state index in [1.54, 1.807) is 6.07 Å². The Kier molecular flexibility index (Phi) is 11.1. The number of piperazine rings is 1. The van der Waals surface area contributed by atoms with Gasteiger partial charge < -0.3 is 5.32 Å². The van der Waals surface area contributed by atoms with Gasteiger partial charge in [-0.3, -0.25) is 4.90 Å². The molecule has 2 rings (SSSR count). The minimum absolute atomic E-state index is 0. The fraction of sp³-hybridized carbons (Fsp3) is 0.625. The summed E-state index contributed by atoms with van der Waals surface area (Å²) >= 11 is 12.3. The third-order valence-corrected chi connectivity index (χ3v) is 4.64. The second-order valence-electron chi connectivity index (χ2n) is 6.03. The van der Waals surface area contributed by atoms with Crippen molar-refractivity contribution >= 4 is 48.0 Å². The van der Waals surface area contributed by atoms with Gasteiger partial charge >= 0.3 is 0 Å². The number of hydrogen-bond acceptors (Lipinski definition) is 2. The normalized spacial score (nSPS) is 16.6. The molecule has 0 saturated carbocycles. The monoisotopic (exact) mass is 404 g/mol. The van der Waals surface area contributed by atoms with E-state index in [1.165, 1.54) is 6.07 Å². The van der Waals surface area contributed by atoms with Gasteiger partial charge in [0.25, 0.3) is 0 Å². The maximum Gasteiger partial charge on any atom is 0.148 e. The standard InChI is InChI=1S/C16H23Cl2FN2.2ClH/c1-11(2)3-6-14(21-9-7-20-8-10-21)15-12(17)4-5-13(18)16(15)19;;/h4-5,11,14,20H,3,6-10H2,1-2H3;2*1H/t14-;;/m1../s1. The van der Waals surface area contributed by atoms with Gasteiger partial charge in [-0.1, -0.05) is 37.0 Å². The molecule has 1 aliphatic rings. The van der Waals surface area contributed by atoms with Crippen molar-refractivity contribution < 1.29 is 4.39 Å². The largest absolute Gasteiger partial charge is 0.314 e. The van der Waals surface area contributed by atoms with Crippen molar-refractivity contribution in [3.8, 4) is 0 Å². The Morgan fingerprint density at radius 3 is 2.22 bits per heavy atom. The van der Waals surface area contributed by atoms with E-state index >= 15 is 0 Å². The van der Waals surface area contributed by atoms with Crippen LogP contribution in [0.2, 0.25) is 10.0 Å². The Hall–Kier alpha value is 0.230. The van der Waals surface area contributed by atoms with Gasteiger partial charge in [0.2, 0.25) is 0 Å². The predicted molar refractivity (Wildman–Crippen MR) is 102 cm³/mol. The van der Waals surface area contributed by atoms with Crippen LogP contribution in [0.15, 0.2) is 12.1 Å². The highest BCUT2D eigenvalue weighted by Gasteiger charge is 2.27. The summed E-state index contributed by atoms with van der Waals surface area (Å²) in [5.41, 5.74) is 0.562. The number of nitrogens with zero attached hydrogens (tertiary/aromatic N) is 1. The quantitative estimate of drug-likeness (QED) is 0.663. The molecule has 0 aromatic heterocycles. The third-order valence-electron chi connectivity index (χ3n) is 4.02. The minimum Gasteiger partial charge on any atom is -0.314 e. The average molecular weight is 406 g/mol. The SMILES string of the molecule is CC(C)CC[C@H](c1c(Cl)ccc(Cl)c1F)N1CCNCC1.Cl.Cl. The van der Waals surface area contributed by atoms with Crippen molar-refractivity contribution in [3.63, 3.8) is 0 Å². The predicted octanol–water partition coefficient (Wildman–Crippen LogP) is 5.36. The molecule has 1 heterocycles. The van der Waals surface area contributed by atoms with Crippen molar-refractivity contribution in [3.05, 3.63) is 33.6 Å². The summed E-state index contributed by atoms with van der Waals surface area (Å²) < 4.78 is 14.5. The van der Waals surface area contributed by atoms with E-state index in [9.17, 15) is 4.39 Å². The van der Waals surface area contributed by atoms with Gasteiger partial charge in [0, 0.05) is 42.8 Å². The molecule has 1 atom stereocenters. The first kappa shape index (κ1) is 23.2. The molecule has 1 fully saturated rings. The molecule has 0 unspecified atom stereocenters. The molecule has 1 aliphatic heterocycles. The van der Waals surface area contributed by atoms with Gasteiger partial charge in [-0.25, -0.2) is 4.39 Å². The summed E-state index contributed by atoms with van der Waals surface area (Å²) in [7, 11) is 0. The molecule has 7 heteroatoms. The lowest BCUT2D eigenvalue weighted by atomic mass is 9.95. The van der Waals surface area contributed by atoms with Crippen molar-refractivity contribution in [1.29, 1.82) is 0 Å². The zero-order chi connectivity index (χ0) is 15.4. The second-order valence-corrected chi connectivity index (χ2v) is 6.84. The van der Waals surface area contributed by atoms with E-state index in [1.807, 2.05) is 0 Å². The van der Waals surface area contributed by atoms with Crippen molar-refractivity contribution in [2.75, 3.05) is 26.2 Å². The number of rotatable bonds is 5. The third kappa shape index (κ3) is 6.22. The van der Waals surface area contributed by atoms with Crippen LogP contribution in [0.3, 0.4) is 0 Å². The Morgan fingerprint density at radius 1 is 1.09 bits per heavy atom. The van der Waals surface area contributed by atoms with Gasteiger partial charge in [-0.2, -0.15) is 0 Å². The first-order chi connectivity index (χ1) is 10.0. The van der Waals surface area contributed by atoms with Crippen LogP contribution in [-0.4, -0.2) is 31.1 Å². The molecule has 0 amide bonds. The molecule has 1 aromatic rings. The van der Waals surface area contributed by atoms with E-state index in [0.717, 1.165) is 39.0 Å². The molecular weight excluding hydrogens is 381 g/mol. The van der Waals surface area contributed by atoms with E-state index in [0.29, 0.717) is 16.5 Å². The highest BCUT2D eigenvalue weighted by Crippen LogP contribution is 2.36. The van der Waals surface area contributed by atoms with Gasteiger partial charge in [-0.15, -0.1) is 24.8 Å². The lowest BCUT2D eigenvalue weighted by molar-refractivity contribution is 0.157. The van der Waals surface area contributed by atoms with Crippen LogP contribution >= 0.6 is 48.0 Å². The van der Waals surface area contributed by atoms with E-state index in [-0.39, 0.29) is 41.7 Å². The van der Waals surface area contributed by atoms with Crippen molar-refractivity contribution in [2.45, 2.75) is 32.7 Å². The zero-order valence-corrected chi connectivity index (χ0v) is 16.6. The summed E-state index contributed by atoms with van der Waals surface area (Å²) in [5.74, 6) is 0.216. The van der Waals surface area contributed by atoms with Crippen LogP contribution in [0, 0.1) is 11.7 Å². The van der Waals surface area contributed by atoms with Crippen LogP contribution in [0.1, 0.15) is 38.3 Å². The fourth-order valence-electron chi connectivity index (χ4n) is 2.84. The minimum atomic E-state index is -0.364. The molecule has 23 heavy (non-hydrogen) atoms. The molecule has 1 aromatic carbocycles. The lowest BCUT2D eigenvalue weighted by Gasteiger charge is -2.36. The summed E-state index contributed by atoms with van der Waals surface area (Å²) in [5, 5.41) is 3.96. The molecule has 1 N–H and O–H groups in total. The Labute approximate surface area is 160 Å². The number of hydrogen-bond donors (Lipinski definition) is 1. The molecule has 134 valence electrons. The molecule has 0 bridgehead atoms. The second kappa shape index (κ2) is 11.0. The number of benzene rings is 1. The van der Waals surface area contributed by atoms with Crippen LogP contribution in [-0.2, 0) is 0 Å². The van der Waals surface area contributed by atoms with E-state index < -0.39 is 0 Å². The Bertz CT molecular complexity index is 479. The summed E-state index contributed by atoms with van der Waals surface area (Å²) in [6.45, 7) is 8.04. The van der Waals surface area contributed by atoms with Crippen LogP contribution in [0.4, 0.5) is 4.39 Å². The zero-order valence-electron chi connectivity index (χ0n) is 13.4. The average Bonchev–Trinajstić information content (AvgIpc) is 2.47. The Balaban J connectivity index is 0.00000242. The summed E-state index contributed by atoms with van der Waals surface area (Å²) in [6.07, 6.45) is 1.94. The molecule has 0 spiro atoms. The van der Waals surface area contributed by atoms with Gasteiger partial charge in [-0.05, 0) is 30.9 Å². The van der Waals surface area contributed by atoms with Gasteiger partial charge in [0.05, 0.1) is 5.02 Å². The Morgan fingerprint density at radius 2 is 1.65 bits per heavy atom. The molecular formula is C16H25Cl4FN2. The summed E-state index contributed by atoms with van der Waals surface area (Å²) in [6, 6.07) is 3.23. The topological polar surface area (TPSA) is 15.3 Å². The maximum absolute atomic E-state index is 14.5. The van der Waals surface area contributed by atoms with Crippen LogP contribution < -0.4 is 5.32 Å². The molecule has 2 nitrogen and oxygen atoms in total. The highest BCUT2D eigenvalue weighted by molar-refractivity contribution is 6.33. The molecule has 0 radical (unpaired) electrons. The number of halogens is 5. The van der Waals surface area contributed by atoms with Crippen LogP contribution in [0.5, 0.6) is 0 Å².